The molecule has 0 N–H and O–H groups in total. The molecule has 0 saturated heterocycles. The first-order chi connectivity index (χ1) is 11.0. The molecule has 1 aromatic carbocycles. The van der Waals surface area contributed by atoms with Crippen LogP contribution in [0.4, 0.5) is 0 Å². The predicted octanol–water partition coefficient (Wildman–Crippen LogP) is 4.40. The van der Waals surface area contributed by atoms with Gasteiger partial charge < -0.3 is 0 Å². The van der Waals surface area contributed by atoms with E-state index in [0.29, 0.717) is 16.8 Å². The number of nitrogens with zero attached hydrogens (tertiary/aromatic N) is 1. The molecule has 2 rings (SSSR count). The molecule has 0 spiro atoms. The molecule has 0 radical (unpaired) electrons. The molecular formula is C16H19NO2S4. The number of rotatable bonds is 10. The van der Waals surface area contributed by atoms with Crippen molar-refractivity contribution >= 4 is 68.4 Å². The zero-order chi connectivity index (χ0) is 16.7. The van der Waals surface area contributed by atoms with Crippen molar-refractivity contribution < 1.29 is 9.59 Å². The first-order valence-corrected chi connectivity index (χ1v) is 11.2. The van der Waals surface area contributed by atoms with E-state index < -0.39 is 0 Å². The summed E-state index contributed by atoms with van der Waals surface area (Å²) in [5.41, 5.74) is 1.03. The van der Waals surface area contributed by atoms with Gasteiger partial charge in [0.1, 0.15) is 11.6 Å². The van der Waals surface area contributed by atoms with Gasteiger partial charge in [-0.15, -0.1) is 11.3 Å². The topological polar surface area (TPSA) is 47.0 Å². The Morgan fingerprint density at radius 3 is 2.26 bits per heavy atom. The molecule has 0 saturated carbocycles. The van der Waals surface area contributed by atoms with Crippen LogP contribution in [0, 0.1) is 0 Å². The number of carbonyl (C=O) groups excluding carboxylic acids is 2. The number of Topliss-reactive ketones (excluding diaryl/α,β-unsaturated/α-hetero) is 2. The Morgan fingerprint density at radius 1 is 1.09 bits per heavy atom. The highest BCUT2D eigenvalue weighted by molar-refractivity contribution is 8.06. The second-order valence-electron chi connectivity index (χ2n) is 5.12. The summed E-state index contributed by atoms with van der Waals surface area (Å²) in [6.45, 7) is 3.24. The van der Waals surface area contributed by atoms with Gasteiger partial charge in [0.15, 0.2) is 4.34 Å². The van der Waals surface area contributed by atoms with Gasteiger partial charge in [0.25, 0.3) is 0 Å². The number of carbonyl (C=O) groups is 2. The smallest absolute Gasteiger partial charge is 0.151 e. The second kappa shape index (κ2) is 9.71. The number of thioether (sulfide) groups is 3. The quantitative estimate of drug-likeness (QED) is 0.565. The van der Waals surface area contributed by atoms with E-state index in [0.717, 1.165) is 21.4 Å². The van der Waals surface area contributed by atoms with E-state index in [1.807, 2.05) is 18.2 Å². The van der Waals surface area contributed by atoms with Gasteiger partial charge in [-0.05, 0) is 26.0 Å². The molecule has 0 fully saturated rings. The highest BCUT2D eigenvalue weighted by Crippen LogP contribution is 2.34. The van der Waals surface area contributed by atoms with Crippen LogP contribution < -0.4 is 0 Å². The van der Waals surface area contributed by atoms with Gasteiger partial charge in [-0.1, -0.05) is 23.9 Å². The van der Waals surface area contributed by atoms with Gasteiger partial charge in [0.05, 0.1) is 21.7 Å². The van der Waals surface area contributed by atoms with Gasteiger partial charge in [-0.3, -0.25) is 9.59 Å². The van der Waals surface area contributed by atoms with Gasteiger partial charge in [-0.2, -0.15) is 23.5 Å². The molecule has 124 valence electrons. The summed E-state index contributed by atoms with van der Waals surface area (Å²) in [6, 6.07) is 8.14. The molecule has 0 aliphatic carbocycles. The maximum Gasteiger partial charge on any atom is 0.151 e. The number of benzene rings is 1. The highest BCUT2D eigenvalue weighted by atomic mass is 32.2. The zero-order valence-corrected chi connectivity index (χ0v) is 16.4. The monoisotopic (exact) mass is 385 g/mol. The normalized spacial score (nSPS) is 11.3. The van der Waals surface area contributed by atoms with Crippen LogP contribution >= 0.6 is 46.6 Å². The molecule has 0 aliphatic rings. The second-order valence-corrected chi connectivity index (χ2v) is 9.76. The minimum atomic E-state index is 0.204. The van der Waals surface area contributed by atoms with Crippen LogP contribution in [0.15, 0.2) is 28.6 Å². The van der Waals surface area contributed by atoms with Crippen molar-refractivity contribution in [3.63, 3.8) is 0 Å². The fraction of sp³-hybridized carbons (Fsp3) is 0.438. The molecule has 1 aromatic heterocycles. The van der Waals surface area contributed by atoms with Crippen LogP contribution in [0.3, 0.4) is 0 Å². The number of para-hydroxylation sites is 1. The zero-order valence-electron chi connectivity index (χ0n) is 13.1. The molecule has 0 unspecified atom stereocenters. The SMILES string of the molecule is CC(=O)CSCC(CSCC(C)=O)Sc1nc2ccccc2s1. The third kappa shape index (κ3) is 6.87. The van der Waals surface area contributed by atoms with Gasteiger partial charge in [-0.25, -0.2) is 4.98 Å². The molecular weight excluding hydrogens is 366 g/mol. The maximum absolute atomic E-state index is 11.1. The predicted molar refractivity (Wildman–Crippen MR) is 105 cm³/mol. The van der Waals surface area contributed by atoms with Crippen molar-refractivity contribution in [3.05, 3.63) is 24.3 Å². The summed E-state index contributed by atoms with van der Waals surface area (Å²) in [4.78, 5) is 26.9. The molecule has 1 heterocycles. The van der Waals surface area contributed by atoms with Crippen molar-refractivity contribution in [2.24, 2.45) is 0 Å². The lowest BCUT2D eigenvalue weighted by molar-refractivity contribution is -0.115. The van der Waals surface area contributed by atoms with Gasteiger partial charge >= 0.3 is 0 Å². The van der Waals surface area contributed by atoms with Crippen LogP contribution in [0.25, 0.3) is 10.2 Å². The Hall–Kier alpha value is -0.500. The number of aromatic nitrogens is 1. The summed E-state index contributed by atoms with van der Waals surface area (Å²) in [5.74, 6) is 3.30. The average Bonchev–Trinajstić information content (AvgIpc) is 2.88. The van der Waals surface area contributed by atoms with E-state index >= 15 is 0 Å². The van der Waals surface area contributed by atoms with E-state index in [2.05, 4.69) is 11.1 Å². The van der Waals surface area contributed by atoms with Crippen LogP contribution in [-0.4, -0.2) is 44.8 Å². The fourth-order valence-corrected chi connectivity index (χ4v) is 6.67. The van der Waals surface area contributed by atoms with E-state index in [1.165, 1.54) is 4.70 Å². The molecule has 0 amide bonds. The molecule has 2 aromatic rings. The lowest BCUT2D eigenvalue weighted by Gasteiger charge is -2.13. The van der Waals surface area contributed by atoms with Gasteiger partial charge in [0, 0.05) is 16.8 Å². The minimum Gasteiger partial charge on any atom is -0.299 e. The number of thiazole rings is 1. The Balaban J connectivity index is 1.96. The first kappa shape index (κ1) is 18.8. The van der Waals surface area contributed by atoms with Crippen molar-refractivity contribution in [3.8, 4) is 0 Å². The standard InChI is InChI=1S/C16H19NO2S4/c1-11(18)7-20-9-13(10-21-8-12(2)19)22-16-17-14-5-3-4-6-15(14)23-16/h3-6,13H,7-10H2,1-2H3. The molecule has 0 bridgehead atoms. The van der Waals surface area contributed by atoms with Crippen LogP contribution in [-0.2, 0) is 9.59 Å². The highest BCUT2D eigenvalue weighted by Gasteiger charge is 2.15. The number of ketones is 2. The molecule has 23 heavy (non-hydrogen) atoms. The summed E-state index contributed by atoms with van der Waals surface area (Å²) >= 11 is 6.79. The maximum atomic E-state index is 11.1. The largest absolute Gasteiger partial charge is 0.299 e. The summed E-state index contributed by atoms with van der Waals surface area (Å²) in [5, 5.41) is 0.351. The van der Waals surface area contributed by atoms with Crippen molar-refractivity contribution in [1.82, 2.24) is 4.98 Å². The van der Waals surface area contributed by atoms with E-state index in [1.54, 1.807) is 60.5 Å². The summed E-state index contributed by atoms with van der Waals surface area (Å²) in [7, 11) is 0. The fourth-order valence-electron chi connectivity index (χ4n) is 1.83. The molecule has 3 nitrogen and oxygen atoms in total. The third-order valence-corrected chi connectivity index (χ3v) is 8.01. The molecule has 7 heteroatoms. The Morgan fingerprint density at radius 2 is 1.70 bits per heavy atom. The van der Waals surface area contributed by atoms with E-state index in [-0.39, 0.29) is 11.6 Å². The van der Waals surface area contributed by atoms with Crippen molar-refractivity contribution in [2.75, 3.05) is 23.0 Å². The van der Waals surface area contributed by atoms with Crippen LogP contribution in [0.5, 0.6) is 0 Å². The number of hydrogen-bond donors (Lipinski definition) is 0. The lowest BCUT2D eigenvalue weighted by atomic mass is 10.3. The van der Waals surface area contributed by atoms with Gasteiger partial charge in [0.2, 0.25) is 0 Å². The third-order valence-electron chi connectivity index (χ3n) is 2.76. The van der Waals surface area contributed by atoms with Crippen LogP contribution in [0.2, 0.25) is 0 Å². The lowest BCUT2D eigenvalue weighted by Crippen LogP contribution is -2.12. The summed E-state index contributed by atoms with van der Waals surface area (Å²) in [6.07, 6.45) is 0. The Labute approximate surface area is 153 Å². The molecule has 0 atom stereocenters. The Kier molecular flexibility index (Phi) is 7.95. The van der Waals surface area contributed by atoms with Crippen LogP contribution in [0.1, 0.15) is 13.8 Å². The molecule has 0 aliphatic heterocycles. The first-order valence-electron chi connectivity index (χ1n) is 7.21. The van der Waals surface area contributed by atoms with Crippen molar-refractivity contribution in [1.29, 1.82) is 0 Å². The number of hydrogen-bond acceptors (Lipinski definition) is 7. The van der Waals surface area contributed by atoms with Crippen molar-refractivity contribution in [2.45, 2.75) is 23.4 Å². The van der Waals surface area contributed by atoms with E-state index in [4.69, 9.17) is 0 Å². The van der Waals surface area contributed by atoms with E-state index in [9.17, 15) is 9.59 Å². The Bertz CT molecular complexity index is 618. The number of fused-ring (bicyclic) bond motifs is 1. The average molecular weight is 386 g/mol. The summed E-state index contributed by atoms with van der Waals surface area (Å²) < 4.78 is 2.25. The minimum absolute atomic E-state index is 0.204.